The zero-order chi connectivity index (χ0) is 15.0. The van der Waals surface area contributed by atoms with Gasteiger partial charge in [-0.3, -0.25) is 4.79 Å². The number of carbonyl (C=O) groups is 1. The quantitative estimate of drug-likeness (QED) is 0.776. The minimum absolute atomic E-state index is 0.0703. The van der Waals surface area contributed by atoms with Gasteiger partial charge in [-0.15, -0.1) is 0 Å². The lowest BCUT2D eigenvalue weighted by Gasteiger charge is -2.44. The van der Waals surface area contributed by atoms with Crippen molar-refractivity contribution in [3.05, 3.63) is 0 Å². The zero-order valence-electron chi connectivity index (χ0n) is 12.5. The molecule has 5 nitrogen and oxygen atoms in total. The zero-order valence-corrected chi connectivity index (χ0v) is 13.4. The maximum atomic E-state index is 12.7. The topological polar surface area (TPSA) is 80.5 Å². The molecule has 21 heavy (non-hydrogen) atoms. The van der Waals surface area contributed by atoms with Gasteiger partial charge in [0.25, 0.3) is 0 Å². The molecule has 1 aliphatic heterocycles. The predicted molar refractivity (Wildman–Crippen MR) is 81.4 cm³/mol. The Kier molecular flexibility index (Phi) is 4.28. The summed E-state index contributed by atoms with van der Waals surface area (Å²) < 4.78 is 23.3. The van der Waals surface area contributed by atoms with Crippen LogP contribution in [-0.2, 0) is 14.6 Å². The van der Waals surface area contributed by atoms with Crippen LogP contribution in [0.2, 0.25) is 0 Å². The third-order valence-corrected chi connectivity index (χ3v) is 7.34. The van der Waals surface area contributed by atoms with E-state index in [-0.39, 0.29) is 29.4 Å². The van der Waals surface area contributed by atoms with Crippen molar-refractivity contribution in [2.75, 3.05) is 24.6 Å². The Hall–Kier alpha value is -0.620. The highest BCUT2D eigenvalue weighted by atomic mass is 32.2. The molecule has 3 fully saturated rings. The predicted octanol–water partition coefficient (Wildman–Crippen LogP) is 0.787. The van der Waals surface area contributed by atoms with Crippen molar-refractivity contribution in [2.45, 2.75) is 44.6 Å². The Morgan fingerprint density at radius 3 is 2.33 bits per heavy atom. The summed E-state index contributed by atoms with van der Waals surface area (Å²) in [5, 5.41) is 0. The third-order valence-electron chi connectivity index (χ3n) is 5.63. The molecular weight excluding hydrogens is 288 g/mol. The van der Waals surface area contributed by atoms with Gasteiger partial charge in [-0.1, -0.05) is 6.42 Å². The van der Waals surface area contributed by atoms with E-state index >= 15 is 0 Å². The highest BCUT2D eigenvalue weighted by Crippen LogP contribution is 2.42. The van der Waals surface area contributed by atoms with E-state index < -0.39 is 9.84 Å². The summed E-state index contributed by atoms with van der Waals surface area (Å²) in [5.41, 5.74) is 6.28. The molecule has 2 saturated carbocycles. The lowest BCUT2D eigenvalue weighted by molar-refractivity contribution is -0.138. The standard InChI is InChI=1S/C15H26N2O3S/c16-14-11-3-1-4-12(14)10-13(9-11)15(18)17-5-2-7-21(19,20)8-6-17/h11-14H,1-10,16H2. The van der Waals surface area contributed by atoms with E-state index in [1.807, 2.05) is 0 Å². The molecule has 2 unspecified atom stereocenters. The van der Waals surface area contributed by atoms with Crippen molar-refractivity contribution in [1.82, 2.24) is 4.90 Å². The fourth-order valence-corrected chi connectivity index (χ4v) is 5.68. The minimum Gasteiger partial charge on any atom is -0.341 e. The van der Waals surface area contributed by atoms with Gasteiger partial charge in [-0.2, -0.15) is 0 Å². The van der Waals surface area contributed by atoms with Gasteiger partial charge < -0.3 is 10.6 Å². The van der Waals surface area contributed by atoms with Crippen LogP contribution in [0.5, 0.6) is 0 Å². The Bertz CT molecular complexity index is 491. The van der Waals surface area contributed by atoms with Crippen LogP contribution in [0.1, 0.15) is 38.5 Å². The highest BCUT2D eigenvalue weighted by molar-refractivity contribution is 7.91. The summed E-state index contributed by atoms with van der Waals surface area (Å²) >= 11 is 0. The molecule has 3 rings (SSSR count). The van der Waals surface area contributed by atoms with Gasteiger partial charge >= 0.3 is 0 Å². The molecule has 0 aromatic carbocycles. The lowest BCUT2D eigenvalue weighted by atomic mass is 9.65. The first kappa shape index (κ1) is 15.3. The molecule has 2 aliphatic carbocycles. The molecule has 0 aromatic rings. The molecule has 3 aliphatic rings. The van der Waals surface area contributed by atoms with Gasteiger partial charge in [0, 0.05) is 25.0 Å². The van der Waals surface area contributed by atoms with Crippen LogP contribution in [0.3, 0.4) is 0 Å². The smallest absolute Gasteiger partial charge is 0.225 e. The largest absolute Gasteiger partial charge is 0.341 e. The third kappa shape index (κ3) is 3.26. The second-order valence-electron chi connectivity index (χ2n) is 7.03. The van der Waals surface area contributed by atoms with E-state index in [1.54, 1.807) is 4.90 Å². The normalized spacial score (nSPS) is 39.6. The van der Waals surface area contributed by atoms with Crippen molar-refractivity contribution in [2.24, 2.45) is 23.5 Å². The molecule has 1 saturated heterocycles. The maximum Gasteiger partial charge on any atom is 0.225 e. The van der Waals surface area contributed by atoms with Gasteiger partial charge in [0.1, 0.15) is 0 Å². The second kappa shape index (κ2) is 5.88. The molecule has 6 heteroatoms. The molecule has 0 spiro atoms. The van der Waals surface area contributed by atoms with Gasteiger partial charge in [0.05, 0.1) is 11.5 Å². The Morgan fingerprint density at radius 2 is 1.67 bits per heavy atom. The molecule has 120 valence electrons. The molecular formula is C15H26N2O3S. The molecule has 0 aromatic heterocycles. The summed E-state index contributed by atoms with van der Waals surface area (Å²) in [6.07, 6.45) is 5.92. The highest BCUT2D eigenvalue weighted by Gasteiger charge is 2.41. The average molecular weight is 314 g/mol. The molecule has 1 amide bonds. The van der Waals surface area contributed by atoms with Crippen LogP contribution >= 0.6 is 0 Å². The van der Waals surface area contributed by atoms with E-state index in [2.05, 4.69) is 0 Å². The summed E-state index contributed by atoms with van der Waals surface area (Å²) in [4.78, 5) is 14.5. The van der Waals surface area contributed by atoms with Crippen molar-refractivity contribution >= 4 is 15.7 Å². The number of carbonyl (C=O) groups excluding carboxylic acids is 1. The van der Waals surface area contributed by atoms with E-state index in [0.29, 0.717) is 31.3 Å². The first-order chi connectivity index (χ1) is 9.96. The van der Waals surface area contributed by atoms with Crippen molar-refractivity contribution in [3.8, 4) is 0 Å². The number of nitrogens with zero attached hydrogens (tertiary/aromatic N) is 1. The number of amides is 1. The average Bonchev–Trinajstić information content (AvgIpc) is 2.58. The Morgan fingerprint density at radius 1 is 1.00 bits per heavy atom. The number of sulfone groups is 1. The van der Waals surface area contributed by atoms with E-state index in [9.17, 15) is 13.2 Å². The number of nitrogens with two attached hydrogens (primary N) is 1. The lowest BCUT2D eigenvalue weighted by Crippen LogP contribution is -2.50. The molecule has 0 radical (unpaired) electrons. The first-order valence-electron chi connectivity index (χ1n) is 8.21. The number of hydrogen-bond donors (Lipinski definition) is 1. The van der Waals surface area contributed by atoms with E-state index in [1.165, 1.54) is 6.42 Å². The minimum atomic E-state index is -2.95. The maximum absolute atomic E-state index is 12.7. The monoisotopic (exact) mass is 314 g/mol. The van der Waals surface area contributed by atoms with Gasteiger partial charge in [0.2, 0.25) is 5.91 Å². The van der Waals surface area contributed by atoms with Crippen LogP contribution in [0.15, 0.2) is 0 Å². The van der Waals surface area contributed by atoms with Crippen LogP contribution < -0.4 is 5.73 Å². The van der Waals surface area contributed by atoms with Crippen LogP contribution in [0.25, 0.3) is 0 Å². The number of rotatable bonds is 1. The Labute approximate surface area is 127 Å². The van der Waals surface area contributed by atoms with Crippen LogP contribution in [0, 0.1) is 17.8 Å². The molecule has 1 heterocycles. The van der Waals surface area contributed by atoms with Crippen LogP contribution in [-0.4, -0.2) is 49.9 Å². The van der Waals surface area contributed by atoms with E-state index in [4.69, 9.17) is 5.73 Å². The van der Waals surface area contributed by atoms with Gasteiger partial charge in [0.15, 0.2) is 9.84 Å². The molecule has 2 bridgehead atoms. The number of fused-ring (bicyclic) bond motifs is 2. The summed E-state index contributed by atoms with van der Waals surface area (Å²) in [6.45, 7) is 0.967. The fourth-order valence-electron chi connectivity index (χ4n) is 4.41. The number of hydrogen-bond acceptors (Lipinski definition) is 4. The fraction of sp³-hybridized carbons (Fsp3) is 0.933. The van der Waals surface area contributed by atoms with Crippen molar-refractivity contribution < 1.29 is 13.2 Å². The van der Waals surface area contributed by atoms with Gasteiger partial charge in [-0.25, -0.2) is 8.42 Å². The molecule has 2 N–H and O–H groups in total. The Balaban J connectivity index is 1.65. The first-order valence-corrected chi connectivity index (χ1v) is 10.0. The summed E-state index contributed by atoms with van der Waals surface area (Å²) in [6, 6.07) is 0.271. The van der Waals surface area contributed by atoms with Crippen molar-refractivity contribution in [3.63, 3.8) is 0 Å². The van der Waals surface area contributed by atoms with Crippen LogP contribution in [0.4, 0.5) is 0 Å². The molecule has 2 atom stereocenters. The summed E-state index contributed by atoms with van der Waals surface area (Å²) in [5.74, 6) is 1.57. The SMILES string of the molecule is NC1C2CCCC1CC(C(=O)N1CCCS(=O)(=O)CC1)C2. The summed E-state index contributed by atoms with van der Waals surface area (Å²) in [7, 11) is -2.95. The van der Waals surface area contributed by atoms with E-state index in [0.717, 1.165) is 25.7 Å². The second-order valence-corrected chi connectivity index (χ2v) is 9.33. The van der Waals surface area contributed by atoms with Crippen molar-refractivity contribution in [1.29, 1.82) is 0 Å². The van der Waals surface area contributed by atoms with Gasteiger partial charge in [-0.05, 0) is 43.9 Å².